The Kier molecular flexibility index (Phi) is 10.4. The summed E-state index contributed by atoms with van der Waals surface area (Å²) in [4.78, 5) is 7.57. The lowest BCUT2D eigenvalue weighted by atomic mass is 9.89. The summed E-state index contributed by atoms with van der Waals surface area (Å²) >= 11 is 0. The SMILES string of the molecule is CCCCCCCCCCCCCCCCN1c2cccc(OC)c2-c2c3c(OC)cccc3nc3cccc1c23. The van der Waals surface area contributed by atoms with E-state index < -0.39 is 0 Å². The van der Waals surface area contributed by atoms with E-state index in [1.807, 2.05) is 12.1 Å². The first-order chi connectivity index (χ1) is 20.3. The van der Waals surface area contributed by atoms with Crippen molar-refractivity contribution in [2.45, 2.75) is 96.8 Å². The van der Waals surface area contributed by atoms with Crippen molar-refractivity contribution in [1.29, 1.82) is 0 Å². The molecule has 1 aliphatic rings. The highest BCUT2D eigenvalue weighted by Crippen LogP contribution is 2.54. The Morgan fingerprint density at radius 3 is 1.68 bits per heavy atom. The lowest BCUT2D eigenvalue weighted by molar-refractivity contribution is 0.416. The van der Waals surface area contributed by atoms with Gasteiger partial charge in [-0.05, 0) is 42.8 Å². The Balaban J connectivity index is 1.26. The Hall–Kier alpha value is -3.27. The molecule has 4 heteroatoms. The molecule has 5 rings (SSSR count). The molecule has 41 heavy (non-hydrogen) atoms. The number of hydrogen-bond acceptors (Lipinski definition) is 4. The van der Waals surface area contributed by atoms with Gasteiger partial charge in [0, 0.05) is 23.1 Å². The average molecular weight is 553 g/mol. The van der Waals surface area contributed by atoms with Crippen LogP contribution in [-0.2, 0) is 0 Å². The quantitative estimate of drug-likeness (QED) is 0.0963. The first-order valence-corrected chi connectivity index (χ1v) is 16.1. The predicted octanol–water partition coefficient (Wildman–Crippen LogP) is 11.0. The molecular formula is C37H48N2O2. The van der Waals surface area contributed by atoms with Gasteiger partial charge in [0.15, 0.2) is 0 Å². The highest BCUT2D eigenvalue weighted by Gasteiger charge is 2.30. The zero-order chi connectivity index (χ0) is 28.4. The van der Waals surface area contributed by atoms with E-state index in [2.05, 4.69) is 54.3 Å². The number of anilines is 2. The van der Waals surface area contributed by atoms with Gasteiger partial charge < -0.3 is 14.4 Å². The maximum atomic E-state index is 5.97. The average Bonchev–Trinajstić information content (AvgIpc) is 3.01. The van der Waals surface area contributed by atoms with E-state index in [1.165, 1.54) is 112 Å². The molecule has 218 valence electrons. The third-order valence-electron chi connectivity index (χ3n) is 8.78. The van der Waals surface area contributed by atoms with Crippen molar-refractivity contribution in [1.82, 2.24) is 4.98 Å². The number of ether oxygens (including phenoxy) is 2. The van der Waals surface area contributed by atoms with E-state index in [4.69, 9.17) is 14.5 Å². The van der Waals surface area contributed by atoms with Crippen molar-refractivity contribution in [3.05, 3.63) is 54.6 Å². The van der Waals surface area contributed by atoms with Crippen LogP contribution in [0.5, 0.6) is 11.5 Å². The summed E-state index contributed by atoms with van der Waals surface area (Å²) in [6.07, 6.45) is 19.2. The van der Waals surface area contributed by atoms with Gasteiger partial charge >= 0.3 is 0 Å². The van der Waals surface area contributed by atoms with Crippen LogP contribution in [0.3, 0.4) is 0 Å². The van der Waals surface area contributed by atoms with Crippen molar-refractivity contribution in [2.75, 3.05) is 25.7 Å². The molecule has 0 atom stereocenters. The minimum Gasteiger partial charge on any atom is -0.496 e. The molecule has 2 heterocycles. The van der Waals surface area contributed by atoms with Crippen molar-refractivity contribution in [3.8, 4) is 22.6 Å². The molecule has 1 aliphatic heterocycles. The van der Waals surface area contributed by atoms with E-state index in [-0.39, 0.29) is 0 Å². The van der Waals surface area contributed by atoms with Crippen LogP contribution >= 0.6 is 0 Å². The van der Waals surface area contributed by atoms with Gasteiger partial charge in [-0.1, -0.05) is 109 Å². The predicted molar refractivity (Wildman–Crippen MR) is 175 cm³/mol. The summed E-state index contributed by atoms with van der Waals surface area (Å²) in [7, 11) is 3.51. The second-order valence-electron chi connectivity index (χ2n) is 11.6. The zero-order valence-electron chi connectivity index (χ0n) is 25.5. The summed E-state index contributed by atoms with van der Waals surface area (Å²) in [5.41, 5.74) is 6.71. The van der Waals surface area contributed by atoms with Crippen LogP contribution in [0.25, 0.3) is 32.9 Å². The fourth-order valence-corrected chi connectivity index (χ4v) is 6.64. The number of aromatic nitrogens is 1. The molecule has 0 saturated heterocycles. The number of unbranched alkanes of at least 4 members (excludes halogenated alkanes) is 13. The van der Waals surface area contributed by atoms with Crippen LogP contribution in [0.15, 0.2) is 54.6 Å². The number of pyridine rings is 1. The summed E-state index contributed by atoms with van der Waals surface area (Å²) in [6, 6.07) is 19.1. The fourth-order valence-electron chi connectivity index (χ4n) is 6.64. The number of fused-ring (bicyclic) bond motifs is 4. The highest BCUT2D eigenvalue weighted by atomic mass is 16.5. The normalized spacial score (nSPS) is 12.2. The van der Waals surface area contributed by atoms with Gasteiger partial charge in [0.1, 0.15) is 11.5 Å². The standard InChI is InChI=1S/C37H48N2O2/c1-4-5-6-7-8-9-10-11-12-13-14-15-16-17-27-39-30-23-18-21-28-34(30)37(36-31(39)24-20-26-33(36)41-3)35-29(38-28)22-19-25-32(35)40-2/h18-26H,4-17,27H2,1-3H3. The van der Waals surface area contributed by atoms with Gasteiger partial charge in [0.05, 0.1) is 42.0 Å². The van der Waals surface area contributed by atoms with Crippen LogP contribution < -0.4 is 14.4 Å². The molecule has 4 aromatic rings. The molecule has 0 fully saturated rings. The summed E-state index contributed by atoms with van der Waals surface area (Å²) in [5.74, 6) is 1.74. The van der Waals surface area contributed by atoms with E-state index in [0.717, 1.165) is 40.0 Å². The first kappa shape index (κ1) is 29.2. The molecule has 4 nitrogen and oxygen atoms in total. The summed E-state index contributed by atoms with van der Waals surface area (Å²) < 4.78 is 11.8. The Labute approximate surface area is 247 Å². The third kappa shape index (κ3) is 6.47. The van der Waals surface area contributed by atoms with Gasteiger partial charge in [0.25, 0.3) is 0 Å². The molecule has 0 spiro atoms. The number of hydrogen-bond donors (Lipinski definition) is 0. The smallest absolute Gasteiger partial charge is 0.128 e. The number of nitrogens with zero attached hydrogens (tertiary/aromatic N) is 2. The number of rotatable bonds is 17. The van der Waals surface area contributed by atoms with Crippen LogP contribution in [-0.4, -0.2) is 25.7 Å². The Bertz CT molecular complexity index is 1430. The van der Waals surface area contributed by atoms with Crippen molar-refractivity contribution >= 4 is 33.2 Å². The van der Waals surface area contributed by atoms with Gasteiger partial charge in [0.2, 0.25) is 0 Å². The summed E-state index contributed by atoms with van der Waals surface area (Å²) in [6.45, 7) is 3.28. The van der Waals surface area contributed by atoms with Crippen LogP contribution in [0, 0.1) is 0 Å². The molecule has 0 radical (unpaired) electrons. The van der Waals surface area contributed by atoms with Gasteiger partial charge in [-0.25, -0.2) is 4.98 Å². The van der Waals surface area contributed by atoms with Gasteiger partial charge in [-0.15, -0.1) is 0 Å². The maximum Gasteiger partial charge on any atom is 0.128 e. The molecule has 3 aromatic carbocycles. The molecule has 0 amide bonds. The lowest BCUT2D eigenvalue weighted by Crippen LogP contribution is -2.22. The minimum absolute atomic E-state index is 0.846. The Morgan fingerprint density at radius 2 is 1.05 bits per heavy atom. The first-order valence-electron chi connectivity index (χ1n) is 16.1. The minimum atomic E-state index is 0.846. The second-order valence-corrected chi connectivity index (χ2v) is 11.6. The highest BCUT2D eigenvalue weighted by molar-refractivity contribution is 6.21. The number of methoxy groups -OCH3 is 2. The van der Waals surface area contributed by atoms with E-state index in [0.29, 0.717) is 0 Å². The van der Waals surface area contributed by atoms with E-state index in [9.17, 15) is 0 Å². The van der Waals surface area contributed by atoms with Crippen LogP contribution in [0.1, 0.15) is 96.8 Å². The topological polar surface area (TPSA) is 34.6 Å². The van der Waals surface area contributed by atoms with Crippen LogP contribution in [0.4, 0.5) is 11.4 Å². The van der Waals surface area contributed by atoms with Crippen molar-refractivity contribution in [3.63, 3.8) is 0 Å². The van der Waals surface area contributed by atoms with Crippen molar-refractivity contribution < 1.29 is 9.47 Å². The molecular weight excluding hydrogens is 504 g/mol. The van der Waals surface area contributed by atoms with Gasteiger partial charge in [-0.3, -0.25) is 0 Å². The van der Waals surface area contributed by atoms with Crippen molar-refractivity contribution in [2.24, 2.45) is 0 Å². The largest absolute Gasteiger partial charge is 0.496 e. The third-order valence-corrected chi connectivity index (χ3v) is 8.78. The molecule has 0 saturated carbocycles. The second kappa shape index (κ2) is 14.6. The molecule has 0 unspecified atom stereocenters. The van der Waals surface area contributed by atoms with E-state index in [1.54, 1.807) is 14.2 Å². The zero-order valence-corrected chi connectivity index (χ0v) is 25.5. The lowest BCUT2D eigenvalue weighted by Gasteiger charge is -2.34. The molecule has 0 aliphatic carbocycles. The van der Waals surface area contributed by atoms with E-state index >= 15 is 0 Å². The monoisotopic (exact) mass is 552 g/mol. The Morgan fingerprint density at radius 1 is 0.537 bits per heavy atom. The number of benzene rings is 3. The molecule has 1 aromatic heterocycles. The summed E-state index contributed by atoms with van der Waals surface area (Å²) in [5, 5.41) is 2.24. The molecule has 0 bridgehead atoms. The molecule has 0 N–H and O–H groups in total. The van der Waals surface area contributed by atoms with Crippen LogP contribution in [0.2, 0.25) is 0 Å². The maximum absolute atomic E-state index is 5.97. The fraction of sp³-hybridized carbons (Fsp3) is 0.486. The van der Waals surface area contributed by atoms with Gasteiger partial charge in [-0.2, -0.15) is 0 Å².